The number of benzene rings is 1. The van der Waals surface area contributed by atoms with Crippen LogP contribution in [-0.4, -0.2) is 37.8 Å². The number of nitrogens with zero attached hydrogens (tertiary/aromatic N) is 1. The normalized spacial score (nSPS) is 11.1. The summed E-state index contributed by atoms with van der Waals surface area (Å²) in [6.07, 6.45) is 1.25. The molecule has 0 amide bonds. The van der Waals surface area contributed by atoms with Gasteiger partial charge in [-0.2, -0.15) is 0 Å². The average Bonchev–Trinajstić information content (AvgIpc) is 2.33. The van der Waals surface area contributed by atoms with Crippen molar-refractivity contribution in [2.45, 2.75) is 24.8 Å². The van der Waals surface area contributed by atoms with Crippen LogP contribution in [0.5, 0.6) is 0 Å². The Hall–Kier alpha value is -0.510. The Bertz CT molecular complexity index is 296. The largest absolute Gasteiger partial charge is 0.313 e. The van der Waals surface area contributed by atoms with Crippen LogP contribution >= 0.6 is 11.8 Å². The van der Waals surface area contributed by atoms with Gasteiger partial charge in [-0.25, -0.2) is 0 Å². The zero-order valence-electron chi connectivity index (χ0n) is 11.2. The number of rotatable bonds is 8. The summed E-state index contributed by atoms with van der Waals surface area (Å²) in [6, 6.07) is 8.90. The average molecular weight is 252 g/mol. The van der Waals surface area contributed by atoms with E-state index in [0.29, 0.717) is 0 Å². The maximum atomic E-state index is 3.34. The predicted octanol–water partition coefficient (Wildman–Crippen LogP) is 2.84. The van der Waals surface area contributed by atoms with E-state index in [2.05, 4.69) is 55.5 Å². The molecule has 96 valence electrons. The third-order valence-corrected chi connectivity index (χ3v) is 3.62. The van der Waals surface area contributed by atoms with Crippen molar-refractivity contribution < 1.29 is 0 Å². The molecule has 0 spiro atoms. The summed E-state index contributed by atoms with van der Waals surface area (Å²) in [7, 11) is 4.25. The molecular formula is C14H24N2S. The topological polar surface area (TPSA) is 15.3 Å². The van der Waals surface area contributed by atoms with Gasteiger partial charge in [0, 0.05) is 11.4 Å². The van der Waals surface area contributed by atoms with Crippen molar-refractivity contribution in [2.24, 2.45) is 0 Å². The number of hydrogen-bond donors (Lipinski definition) is 1. The standard InChI is InChI=1S/C14H24N2S/c1-4-15-12-13-6-8-14(9-7-13)17-11-5-10-16(2)3/h6-9,15H,4-5,10-12H2,1-3H3. The van der Waals surface area contributed by atoms with Crippen LogP contribution in [0.25, 0.3) is 0 Å². The van der Waals surface area contributed by atoms with Gasteiger partial charge >= 0.3 is 0 Å². The molecule has 1 aromatic rings. The number of hydrogen-bond acceptors (Lipinski definition) is 3. The van der Waals surface area contributed by atoms with Crippen molar-refractivity contribution in [3.05, 3.63) is 29.8 Å². The molecule has 2 nitrogen and oxygen atoms in total. The van der Waals surface area contributed by atoms with Gasteiger partial charge in [0.1, 0.15) is 0 Å². The van der Waals surface area contributed by atoms with E-state index in [1.54, 1.807) is 0 Å². The van der Waals surface area contributed by atoms with Crippen LogP contribution in [0, 0.1) is 0 Å². The summed E-state index contributed by atoms with van der Waals surface area (Å²) >= 11 is 1.95. The lowest BCUT2D eigenvalue weighted by Crippen LogP contribution is -2.13. The molecule has 3 heteroatoms. The first kappa shape index (κ1) is 14.6. The van der Waals surface area contributed by atoms with Gasteiger partial charge in [0.15, 0.2) is 0 Å². The van der Waals surface area contributed by atoms with Crippen LogP contribution in [0.15, 0.2) is 29.2 Å². The maximum Gasteiger partial charge on any atom is 0.0205 e. The lowest BCUT2D eigenvalue weighted by molar-refractivity contribution is 0.410. The van der Waals surface area contributed by atoms with Gasteiger partial charge in [0.05, 0.1) is 0 Å². The van der Waals surface area contributed by atoms with E-state index in [0.717, 1.165) is 13.1 Å². The molecule has 1 rings (SSSR count). The molecule has 0 atom stereocenters. The highest BCUT2D eigenvalue weighted by Gasteiger charge is 1.96. The van der Waals surface area contributed by atoms with Crippen molar-refractivity contribution in [3.63, 3.8) is 0 Å². The highest BCUT2D eigenvalue weighted by molar-refractivity contribution is 7.99. The van der Waals surface area contributed by atoms with Crippen LogP contribution in [-0.2, 0) is 6.54 Å². The highest BCUT2D eigenvalue weighted by atomic mass is 32.2. The Morgan fingerprint density at radius 1 is 1.18 bits per heavy atom. The van der Waals surface area contributed by atoms with E-state index in [1.807, 2.05) is 11.8 Å². The van der Waals surface area contributed by atoms with Gasteiger partial charge in [0.25, 0.3) is 0 Å². The van der Waals surface area contributed by atoms with E-state index in [1.165, 1.54) is 29.2 Å². The fourth-order valence-electron chi connectivity index (χ4n) is 1.54. The second-order valence-electron chi connectivity index (χ2n) is 4.43. The fourth-order valence-corrected chi connectivity index (χ4v) is 2.38. The molecule has 0 aliphatic carbocycles. The molecule has 0 aromatic heterocycles. The van der Waals surface area contributed by atoms with Gasteiger partial charge in [0.2, 0.25) is 0 Å². The van der Waals surface area contributed by atoms with E-state index in [-0.39, 0.29) is 0 Å². The summed E-state index contributed by atoms with van der Waals surface area (Å²) in [4.78, 5) is 3.61. The number of nitrogens with one attached hydrogen (secondary N) is 1. The van der Waals surface area contributed by atoms with Crippen molar-refractivity contribution in [1.82, 2.24) is 10.2 Å². The third-order valence-electron chi connectivity index (χ3n) is 2.52. The van der Waals surface area contributed by atoms with Crippen molar-refractivity contribution in [3.8, 4) is 0 Å². The molecular weight excluding hydrogens is 228 g/mol. The van der Waals surface area contributed by atoms with Crippen LogP contribution in [0.4, 0.5) is 0 Å². The van der Waals surface area contributed by atoms with Crippen LogP contribution in [0.1, 0.15) is 18.9 Å². The molecule has 0 saturated carbocycles. The SMILES string of the molecule is CCNCc1ccc(SCCCN(C)C)cc1. The molecule has 17 heavy (non-hydrogen) atoms. The molecule has 1 N–H and O–H groups in total. The van der Waals surface area contributed by atoms with Crippen molar-refractivity contribution in [1.29, 1.82) is 0 Å². The van der Waals surface area contributed by atoms with Gasteiger partial charge in [-0.1, -0.05) is 19.1 Å². The van der Waals surface area contributed by atoms with Crippen molar-refractivity contribution >= 4 is 11.8 Å². The molecule has 0 aliphatic heterocycles. The van der Waals surface area contributed by atoms with Gasteiger partial charge < -0.3 is 10.2 Å². The Balaban J connectivity index is 2.25. The smallest absolute Gasteiger partial charge is 0.0205 e. The summed E-state index contributed by atoms with van der Waals surface area (Å²) < 4.78 is 0. The fraction of sp³-hybridized carbons (Fsp3) is 0.571. The van der Waals surface area contributed by atoms with Crippen LogP contribution in [0.2, 0.25) is 0 Å². The lowest BCUT2D eigenvalue weighted by atomic mass is 10.2. The predicted molar refractivity (Wildman–Crippen MR) is 77.7 cm³/mol. The summed E-state index contributed by atoms with van der Waals surface area (Å²) in [5.41, 5.74) is 1.37. The molecule has 0 heterocycles. The Morgan fingerprint density at radius 3 is 2.47 bits per heavy atom. The Labute approximate surface area is 110 Å². The molecule has 0 fully saturated rings. The first-order chi connectivity index (χ1) is 8.22. The first-order valence-electron chi connectivity index (χ1n) is 6.29. The van der Waals surface area contributed by atoms with E-state index < -0.39 is 0 Å². The zero-order valence-corrected chi connectivity index (χ0v) is 12.0. The van der Waals surface area contributed by atoms with E-state index >= 15 is 0 Å². The molecule has 0 unspecified atom stereocenters. The second-order valence-corrected chi connectivity index (χ2v) is 5.60. The summed E-state index contributed by atoms with van der Waals surface area (Å²) in [5, 5.41) is 3.34. The van der Waals surface area contributed by atoms with E-state index in [4.69, 9.17) is 0 Å². The molecule has 0 aliphatic rings. The maximum absolute atomic E-state index is 3.34. The first-order valence-corrected chi connectivity index (χ1v) is 7.28. The summed E-state index contributed by atoms with van der Waals surface area (Å²) in [6.45, 7) is 5.31. The van der Waals surface area contributed by atoms with Gasteiger partial charge in [-0.05, 0) is 57.1 Å². The highest BCUT2D eigenvalue weighted by Crippen LogP contribution is 2.19. The lowest BCUT2D eigenvalue weighted by Gasteiger charge is -2.09. The van der Waals surface area contributed by atoms with Crippen molar-refractivity contribution in [2.75, 3.05) is 32.9 Å². The van der Waals surface area contributed by atoms with Crippen LogP contribution in [0.3, 0.4) is 0 Å². The Morgan fingerprint density at radius 2 is 1.88 bits per heavy atom. The molecule has 0 radical (unpaired) electrons. The minimum atomic E-state index is 0.974. The zero-order chi connectivity index (χ0) is 12.5. The monoisotopic (exact) mass is 252 g/mol. The van der Waals surface area contributed by atoms with E-state index in [9.17, 15) is 0 Å². The minimum absolute atomic E-state index is 0.974. The minimum Gasteiger partial charge on any atom is -0.313 e. The quantitative estimate of drug-likeness (QED) is 0.566. The molecule has 1 aromatic carbocycles. The summed E-state index contributed by atoms with van der Waals surface area (Å²) in [5.74, 6) is 1.20. The third kappa shape index (κ3) is 6.71. The molecule has 0 saturated heterocycles. The van der Waals surface area contributed by atoms with Gasteiger partial charge in [-0.15, -0.1) is 11.8 Å². The molecule has 0 bridgehead atoms. The Kier molecular flexibility index (Phi) is 7.33. The van der Waals surface area contributed by atoms with Crippen LogP contribution < -0.4 is 5.32 Å². The van der Waals surface area contributed by atoms with Gasteiger partial charge in [-0.3, -0.25) is 0 Å². The second kappa shape index (κ2) is 8.56. The number of thioether (sulfide) groups is 1.